The summed E-state index contributed by atoms with van der Waals surface area (Å²) in [4.78, 5) is 0. The van der Waals surface area contributed by atoms with Crippen LogP contribution >= 0.6 is 24.0 Å². The lowest BCUT2D eigenvalue weighted by molar-refractivity contribution is 0.128. The number of benzene rings is 1. The molecule has 7 heteroatoms. The summed E-state index contributed by atoms with van der Waals surface area (Å²) in [7, 11) is 0. The van der Waals surface area contributed by atoms with Crippen LogP contribution in [0.15, 0.2) is 12.1 Å². The number of ether oxygens (including phenoxy) is 2. The minimum atomic E-state index is -2.46. The highest BCUT2D eigenvalue weighted by Gasteiger charge is 2.21. The smallest absolute Gasteiger partial charge is 0.240 e. The van der Waals surface area contributed by atoms with Crippen molar-refractivity contribution < 1.29 is 18.3 Å². The second-order valence-corrected chi connectivity index (χ2v) is 3.87. The van der Waals surface area contributed by atoms with E-state index in [1.165, 1.54) is 6.07 Å². The van der Waals surface area contributed by atoms with Gasteiger partial charge in [0.05, 0.1) is 0 Å². The Labute approximate surface area is 108 Å². The summed E-state index contributed by atoms with van der Waals surface area (Å²) in [6.07, 6.45) is -2.89. The van der Waals surface area contributed by atoms with Gasteiger partial charge >= 0.3 is 0 Å². The molecule has 0 unspecified atom stereocenters. The molecule has 3 nitrogen and oxygen atoms in total. The predicted molar refractivity (Wildman–Crippen MR) is 62.4 cm³/mol. The Bertz CT molecular complexity index is 404. The van der Waals surface area contributed by atoms with Crippen LogP contribution in [0.25, 0.3) is 0 Å². The number of fused-ring (bicyclic) bond motifs is 1. The lowest BCUT2D eigenvalue weighted by Gasteiger charge is -2.13. The van der Waals surface area contributed by atoms with E-state index in [0.717, 1.165) is 0 Å². The van der Waals surface area contributed by atoms with Crippen molar-refractivity contribution in [1.82, 2.24) is 0 Å². The van der Waals surface area contributed by atoms with E-state index in [9.17, 15) is 8.78 Å². The highest BCUT2D eigenvalue weighted by atomic mass is 35.5. The van der Waals surface area contributed by atoms with Gasteiger partial charge in [-0.3, -0.25) is 0 Å². The second kappa shape index (κ2) is 5.71. The average Bonchev–Trinajstić information content (AvgIpc) is 2.61. The van der Waals surface area contributed by atoms with E-state index in [1.807, 2.05) is 0 Å². The number of nitrogens with two attached hydrogens (primary N) is 1. The van der Waals surface area contributed by atoms with Gasteiger partial charge in [0.2, 0.25) is 13.2 Å². The minimum absolute atomic E-state index is 0. The normalized spacial score (nSPS) is 14.6. The van der Waals surface area contributed by atoms with Gasteiger partial charge in [-0.1, -0.05) is 11.6 Å². The van der Waals surface area contributed by atoms with Crippen molar-refractivity contribution >= 4 is 24.0 Å². The Morgan fingerprint density at radius 3 is 2.47 bits per heavy atom. The van der Waals surface area contributed by atoms with E-state index in [0.29, 0.717) is 22.1 Å². The third-order valence-electron chi connectivity index (χ3n) is 2.32. The van der Waals surface area contributed by atoms with Crippen molar-refractivity contribution in [2.24, 2.45) is 5.73 Å². The van der Waals surface area contributed by atoms with Crippen molar-refractivity contribution in [1.29, 1.82) is 0 Å². The van der Waals surface area contributed by atoms with Gasteiger partial charge in [-0.05, 0) is 11.6 Å². The molecule has 96 valence electrons. The molecule has 0 saturated carbocycles. The molecular formula is C10H11Cl2F2NO2. The van der Waals surface area contributed by atoms with Crippen molar-refractivity contribution in [3.63, 3.8) is 0 Å². The fourth-order valence-electron chi connectivity index (χ4n) is 1.54. The Kier molecular flexibility index (Phi) is 4.80. The van der Waals surface area contributed by atoms with Crippen LogP contribution < -0.4 is 15.2 Å². The number of halogens is 4. The molecule has 1 aromatic carbocycles. The molecule has 0 amide bonds. The van der Waals surface area contributed by atoms with Crippen molar-refractivity contribution in [2.45, 2.75) is 18.9 Å². The summed E-state index contributed by atoms with van der Waals surface area (Å²) in [6.45, 7) is 0.110. The van der Waals surface area contributed by atoms with Gasteiger partial charge in [0, 0.05) is 23.6 Å². The number of hydrogen-bond acceptors (Lipinski definition) is 3. The molecule has 0 aliphatic carbocycles. The van der Waals surface area contributed by atoms with Crippen LogP contribution in [0.3, 0.4) is 0 Å². The molecule has 2 rings (SSSR count). The molecule has 1 heterocycles. The molecule has 1 atom stereocenters. The van der Waals surface area contributed by atoms with Crippen LogP contribution in [0.5, 0.6) is 11.5 Å². The molecule has 0 radical (unpaired) electrons. The minimum Gasteiger partial charge on any atom is -0.454 e. The molecule has 0 spiro atoms. The van der Waals surface area contributed by atoms with Crippen molar-refractivity contribution in [3.05, 3.63) is 22.7 Å². The fraction of sp³-hybridized carbons (Fsp3) is 0.400. The maximum atomic E-state index is 12.2. The molecule has 1 aliphatic heterocycles. The molecule has 0 bridgehead atoms. The molecule has 0 fully saturated rings. The van der Waals surface area contributed by atoms with Crippen molar-refractivity contribution in [2.75, 3.05) is 6.79 Å². The zero-order valence-electron chi connectivity index (χ0n) is 8.66. The molecule has 2 N–H and O–H groups in total. The number of hydrogen-bond donors (Lipinski definition) is 1. The van der Waals surface area contributed by atoms with Gasteiger partial charge in [-0.15, -0.1) is 12.4 Å². The highest BCUT2D eigenvalue weighted by Crippen LogP contribution is 2.39. The van der Waals surface area contributed by atoms with E-state index in [2.05, 4.69) is 0 Å². The first-order valence-corrected chi connectivity index (χ1v) is 5.08. The van der Waals surface area contributed by atoms with E-state index in [4.69, 9.17) is 26.8 Å². The van der Waals surface area contributed by atoms with E-state index in [1.54, 1.807) is 6.07 Å². The second-order valence-electron chi connectivity index (χ2n) is 3.46. The Morgan fingerprint density at radius 2 is 1.88 bits per heavy atom. The molecule has 0 aromatic heterocycles. The summed E-state index contributed by atoms with van der Waals surface area (Å²) in [5.41, 5.74) is 6.08. The van der Waals surface area contributed by atoms with Gasteiger partial charge in [0.1, 0.15) is 0 Å². The lowest BCUT2D eigenvalue weighted by atomic mass is 10.0. The van der Waals surface area contributed by atoms with Gasteiger partial charge in [-0.25, -0.2) is 8.78 Å². The summed E-state index contributed by atoms with van der Waals surface area (Å²) in [5, 5.41) is 0.317. The van der Waals surface area contributed by atoms with Gasteiger partial charge < -0.3 is 15.2 Å². The van der Waals surface area contributed by atoms with E-state index >= 15 is 0 Å². The standard InChI is InChI=1S/C10H10ClF2NO2.ClH/c11-6-2-9-8(15-4-16-9)1-5(6)7(14)3-10(12)13;/h1-2,7,10H,3-4,14H2;1H/t7-;/m1./s1. The topological polar surface area (TPSA) is 44.5 Å². The first kappa shape index (κ1) is 14.3. The molecule has 1 aromatic rings. The highest BCUT2D eigenvalue weighted by molar-refractivity contribution is 6.31. The summed E-state index contributed by atoms with van der Waals surface area (Å²) < 4.78 is 34.6. The number of alkyl halides is 2. The molecule has 17 heavy (non-hydrogen) atoms. The molecule has 1 aliphatic rings. The molecule has 0 saturated heterocycles. The summed E-state index contributed by atoms with van der Waals surface area (Å²) >= 11 is 5.93. The average molecular weight is 286 g/mol. The fourth-order valence-corrected chi connectivity index (χ4v) is 1.83. The van der Waals surface area contributed by atoms with Crippen LogP contribution in [-0.2, 0) is 0 Å². The van der Waals surface area contributed by atoms with Gasteiger partial charge in [-0.2, -0.15) is 0 Å². The number of rotatable bonds is 3. The maximum absolute atomic E-state index is 12.2. The third kappa shape index (κ3) is 3.12. The first-order chi connectivity index (χ1) is 7.58. The zero-order valence-corrected chi connectivity index (χ0v) is 10.2. The summed E-state index contributed by atoms with van der Waals surface area (Å²) in [6, 6.07) is 2.28. The SMILES string of the molecule is Cl.N[C@H](CC(F)F)c1cc2c(cc1Cl)OCO2. The van der Waals surface area contributed by atoms with Gasteiger partial charge in [0.25, 0.3) is 0 Å². The Balaban J connectivity index is 0.00000144. The Morgan fingerprint density at radius 1 is 1.29 bits per heavy atom. The predicted octanol–water partition coefficient (Wildman–Crippen LogP) is 3.15. The first-order valence-electron chi connectivity index (χ1n) is 4.70. The van der Waals surface area contributed by atoms with E-state index < -0.39 is 18.9 Å². The van der Waals surface area contributed by atoms with Crippen LogP contribution in [0, 0.1) is 0 Å². The van der Waals surface area contributed by atoms with Crippen LogP contribution in [0.4, 0.5) is 8.78 Å². The third-order valence-corrected chi connectivity index (χ3v) is 2.65. The van der Waals surface area contributed by atoms with E-state index in [-0.39, 0.29) is 19.2 Å². The summed E-state index contributed by atoms with van der Waals surface area (Å²) in [5.74, 6) is 1.00. The van der Waals surface area contributed by atoms with Crippen LogP contribution in [-0.4, -0.2) is 13.2 Å². The lowest BCUT2D eigenvalue weighted by Crippen LogP contribution is -2.14. The van der Waals surface area contributed by atoms with Crippen LogP contribution in [0.2, 0.25) is 5.02 Å². The maximum Gasteiger partial charge on any atom is 0.240 e. The van der Waals surface area contributed by atoms with Crippen LogP contribution in [0.1, 0.15) is 18.0 Å². The Hall–Kier alpha value is -0.780. The van der Waals surface area contributed by atoms with Gasteiger partial charge in [0.15, 0.2) is 11.5 Å². The quantitative estimate of drug-likeness (QED) is 0.928. The monoisotopic (exact) mass is 285 g/mol. The van der Waals surface area contributed by atoms with Crippen molar-refractivity contribution in [3.8, 4) is 11.5 Å². The molecular weight excluding hydrogens is 275 g/mol. The largest absolute Gasteiger partial charge is 0.454 e. The zero-order chi connectivity index (χ0) is 11.7.